The Morgan fingerprint density at radius 1 is 0.559 bits per heavy atom. The van der Waals surface area contributed by atoms with Gasteiger partial charge in [-0.15, -0.1) is 0 Å². The van der Waals surface area contributed by atoms with Crippen molar-refractivity contribution in [2.75, 3.05) is 14.2 Å². The average molecular weight is 576 g/mol. The number of benzene rings is 4. The summed E-state index contributed by atoms with van der Waals surface area (Å²) >= 11 is 0.542. The molecule has 170 valence electrons. The Bertz CT molecular complexity index is 1220. The molecule has 1 aliphatic rings. The van der Waals surface area contributed by atoms with Gasteiger partial charge >= 0.3 is 215 Å². The first kappa shape index (κ1) is 23.0. The minimum atomic E-state index is -0.125. The quantitative estimate of drug-likeness (QED) is 0.284. The molecule has 0 bridgehead atoms. The Morgan fingerprint density at radius 3 is 1.44 bits per heavy atom. The van der Waals surface area contributed by atoms with Gasteiger partial charge < -0.3 is 0 Å². The molecule has 4 aromatic carbocycles. The molecular formula is C30H26O2Se2. The van der Waals surface area contributed by atoms with Crippen LogP contribution in [0.3, 0.4) is 0 Å². The normalized spacial score (nSPS) is 14.4. The van der Waals surface area contributed by atoms with Crippen molar-refractivity contribution in [1.82, 2.24) is 0 Å². The molecule has 0 aromatic heterocycles. The third-order valence-electron chi connectivity index (χ3n) is 6.18. The summed E-state index contributed by atoms with van der Waals surface area (Å²) in [4.78, 5) is 0. The van der Waals surface area contributed by atoms with Crippen LogP contribution in [-0.4, -0.2) is 44.1 Å². The number of methoxy groups -OCH3 is 2. The van der Waals surface area contributed by atoms with Crippen molar-refractivity contribution in [3.8, 4) is 11.5 Å². The molecule has 5 rings (SSSR count). The first-order chi connectivity index (χ1) is 16.7. The zero-order valence-corrected chi connectivity index (χ0v) is 22.7. The second-order valence-electron chi connectivity index (χ2n) is 8.12. The van der Waals surface area contributed by atoms with E-state index in [1.165, 1.54) is 20.1 Å². The summed E-state index contributed by atoms with van der Waals surface area (Å²) in [6.07, 6.45) is 1.05. The summed E-state index contributed by atoms with van der Waals surface area (Å²) < 4.78 is 17.0. The van der Waals surface area contributed by atoms with E-state index in [0.29, 0.717) is 15.0 Å². The molecule has 0 spiro atoms. The van der Waals surface area contributed by atoms with Gasteiger partial charge in [0.2, 0.25) is 0 Å². The fourth-order valence-electron chi connectivity index (χ4n) is 4.38. The van der Waals surface area contributed by atoms with Gasteiger partial charge in [-0.25, -0.2) is 0 Å². The molecule has 4 heteroatoms. The van der Waals surface area contributed by atoms with Crippen LogP contribution in [0.2, 0.25) is 0 Å². The summed E-state index contributed by atoms with van der Waals surface area (Å²) in [5, 5.41) is 0. The molecule has 0 fully saturated rings. The fourth-order valence-corrected chi connectivity index (χ4v) is 10.2. The Balaban J connectivity index is 1.65. The van der Waals surface area contributed by atoms with Gasteiger partial charge in [-0.1, -0.05) is 0 Å². The van der Waals surface area contributed by atoms with E-state index in [-0.39, 0.29) is 20.4 Å². The van der Waals surface area contributed by atoms with Crippen LogP contribution in [0.4, 0.5) is 0 Å². The predicted molar refractivity (Wildman–Crippen MR) is 142 cm³/mol. The van der Waals surface area contributed by atoms with Crippen molar-refractivity contribution in [2.45, 2.75) is 11.8 Å². The van der Waals surface area contributed by atoms with Gasteiger partial charge in [0.05, 0.1) is 0 Å². The Morgan fingerprint density at radius 2 is 1.00 bits per heavy atom. The molecule has 2 nitrogen and oxygen atoms in total. The summed E-state index contributed by atoms with van der Waals surface area (Å²) in [5.41, 5.74) is 2.54. The maximum absolute atomic E-state index is 5.47. The second kappa shape index (κ2) is 10.3. The molecule has 0 amide bonds. The molecule has 0 unspecified atom stereocenters. The first-order valence-electron chi connectivity index (χ1n) is 11.2. The molecule has 0 radical (unpaired) electrons. The SMILES string of the molecule is COc1ccc(C2(c3ccc(OC)cc3)CC([Se]c3ccccc3)=C2[Se]c2ccccc2)cc1. The van der Waals surface area contributed by atoms with Crippen LogP contribution in [0.1, 0.15) is 17.5 Å². The van der Waals surface area contributed by atoms with E-state index in [1.54, 1.807) is 23.2 Å². The monoisotopic (exact) mass is 578 g/mol. The van der Waals surface area contributed by atoms with E-state index in [4.69, 9.17) is 9.47 Å². The van der Waals surface area contributed by atoms with Crippen molar-refractivity contribution >= 4 is 38.8 Å². The number of allylic oxidation sites excluding steroid dienone is 2. The van der Waals surface area contributed by atoms with Crippen molar-refractivity contribution in [3.63, 3.8) is 0 Å². The van der Waals surface area contributed by atoms with Crippen LogP contribution in [-0.2, 0) is 5.41 Å². The van der Waals surface area contributed by atoms with E-state index in [9.17, 15) is 0 Å². The number of hydrogen-bond donors (Lipinski definition) is 0. The summed E-state index contributed by atoms with van der Waals surface area (Å²) in [6.45, 7) is 0. The zero-order valence-electron chi connectivity index (χ0n) is 19.2. The van der Waals surface area contributed by atoms with Gasteiger partial charge in [0.25, 0.3) is 0 Å². The van der Waals surface area contributed by atoms with Crippen LogP contribution < -0.4 is 18.4 Å². The molecule has 0 atom stereocenters. The standard InChI is InChI=1S/C30H26O2Se2/c1-31-24-17-13-22(14-18-24)30(23-15-19-25(32-2)20-16-23)21-28(33-26-9-5-3-6-10-26)29(30)34-27-11-7-4-8-12-27/h3-20H,21H2,1-2H3. The third-order valence-corrected chi connectivity index (χ3v) is 11.9. The van der Waals surface area contributed by atoms with Crippen LogP contribution in [0.15, 0.2) is 118 Å². The molecule has 4 aromatic rings. The first-order valence-corrected chi connectivity index (χ1v) is 14.6. The summed E-state index contributed by atoms with van der Waals surface area (Å²) in [7, 11) is 3.45. The third kappa shape index (κ3) is 4.47. The fraction of sp³-hybridized carbons (Fsp3) is 0.133. The molecule has 0 saturated carbocycles. The van der Waals surface area contributed by atoms with E-state index in [1.807, 2.05) is 0 Å². The van der Waals surface area contributed by atoms with Gasteiger partial charge in [-0.2, -0.15) is 0 Å². The van der Waals surface area contributed by atoms with Crippen LogP contribution in [0.25, 0.3) is 0 Å². The average Bonchev–Trinajstić information content (AvgIpc) is 2.91. The van der Waals surface area contributed by atoms with Crippen LogP contribution >= 0.6 is 0 Å². The molecular weight excluding hydrogens is 550 g/mol. The Kier molecular flexibility index (Phi) is 6.94. The Hall–Kier alpha value is -2.74. The second-order valence-corrected chi connectivity index (χ2v) is 12.8. The zero-order chi connectivity index (χ0) is 23.4. The summed E-state index contributed by atoms with van der Waals surface area (Å²) in [6, 6.07) is 39.2. The molecule has 0 aliphatic heterocycles. The van der Waals surface area contributed by atoms with Gasteiger partial charge in [0, 0.05) is 0 Å². The number of rotatable bonds is 8. The van der Waals surface area contributed by atoms with Crippen molar-refractivity contribution < 1.29 is 9.47 Å². The number of ether oxygens (including phenoxy) is 2. The van der Waals surface area contributed by atoms with Gasteiger partial charge in [-0.05, 0) is 0 Å². The van der Waals surface area contributed by atoms with Crippen LogP contribution in [0, 0.1) is 0 Å². The van der Waals surface area contributed by atoms with E-state index >= 15 is 0 Å². The molecule has 34 heavy (non-hydrogen) atoms. The van der Waals surface area contributed by atoms with Gasteiger partial charge in [-0.3, -0.25) is 0 Å². The van der Waals surface area contributed by atoms with Gasteiger partial charge in [0.1, 0.15) is 0 Å². The van der Waals surface area contributed by atoms with Gasteiger partial charge in [0.15, 0.2) is 0 Å². The molecule has 0 saturated heterocycles. The predicted octanol–water partition coefficient (Wildman–Crippen LogP) is 4.66. The Labute approximate surface area is 214 Å². The minimum absolute atomic E-state index is 0.125. The van der Waals surface area contributed by atoms with E-state index < -0.39 is 0 Å². The van der Waals surface area contributed by atoms with Crippen molar-refractivity contribution in [3.05, 3.63) is 129 Å². The molecule has 1 aliphatic carbocycles. The van der Waals surface area contributed by atoms with Crippen molar-refractivity contribution in [2.24, 2.45) is 0 Å². The van der Waals surface area contributed by atoms with E-state index in [0.717, 1.165) is 17.9 Å². The summed E-state index contributed by atoms with van der Waals surface area (Å²) in [5.74, 6) is 1.78. The van der Waals surface area contributed by atoms with Crippen LogP contribution in [0.5, 0.6) is 11.5 Å². The van der Waals surface area contributed by atoms with Crippen molar-refractivity contribution in [1.29, 1.82) is 0 Å². The topological polar surface area (TPSA) is 18.5 Å². The maximum atomic E-state index is 5.47. The molecule has 0 heterocycles. The number of hydrogen-bond acceptors (Lipinski definition) is 2. The molecule has 0 N–H and O–H groups in total. The van der Waals surface area contributed by atoms with E-state index in [2.05, 4.69) is 109 Å².